The van der Waals surface area contributed by atoms with E-state index in [4.69, 9.17) is 9.90 Å². The van der Waals surface area contributed by atoms with E-state index in [0.29, 0.717) is 31.5 Å². The molecular weight excluding hydrogens is 395 g/mol. The summed E-state index contributed by atoms with van der Waals surface area (Å²) in [6.07, 6.45) is 0.175. The van der Waals surface area contributed by atoms with Gasteiger partial charge in [-0.2, -0.15) is 18.3 Å². The van der Waals surface area contributed by atoms with Crippen molar-refractivity contribution < 1.29 is 32.7 Å². The predicted octanol–water partition coefficient (Wildman–Crippen LogP) is 1.23. The smallest absolute Gasteiger partial charge is 0.475 e. The second-order valence-electron chi connectivity index (χ2n) is 5.97. The number of pyridine rings is 1. The average molecular weight is 413 g/mol. The first-order chi connectivity index (χ1) is 13.6. The summed E-state index contributed by atoms with van der Waals surface area (Å²) in [5.41, 5.74) is 2.21. The zero-order valence-electron chi connectivity index (χ0n) is 15.3. The van der Waals surface area contributed by atoms with E-state index in [9.17, 15) is 22.8 Å². The third-order valence-electron chi connectivity index (χ3n) is 3.79. The number of amides is 2. The van der Waals surface area contributed by atoms with Gasteiger partial charge in [0.15, 0.2) is 0 Å². The van der Waals surface area contributed by atoms with Crippen LogP contribution in [-0.2, 0) is 20.8 Å². The second-order valence-corrected chi connectivity index (χ2v) is 5.97. The number of carboxylic acid groups (broad SMARTS) is 1. The van der Waals surface area contributed by atoms with E-state index in [1.807, 2.05) is 35.0 Å². The lowest BCUT2D eigenvalue weighted by Gasteiger charge is -2.18. The van der Waals surface area contributed by atoms with Crippen LogP contribution in [0.3, 0.4) is 0 Å². The first-order valence-electron chi connectivity index (χ1n) is 8.43. The lowest BCUT2D eigenvalue weighted by atomic mass is 10.1. The first-order valence-corrected chi connectivity index (χ1v) is 8.43. The summed E-state index contributed by atoms with van der Waals surface area (Å²) in [5.74, 6) is -3.04. The molecule has 0 atom stereocenters. The van der Waals surface area contributed by atoms with Gasteiger partial charge in [-0.1, -0.05) is 6.07 Å². The summed E-state index contributed by atoms with van der Waals surface area (Å²) in [6, 6.07) is 5.82. The maximum Gasteiger partial charge on any atom is 0.490 e. The number of halogens is 3. The molecule has 0 radical (unpaired) electrons. The number of carbonyl (C=O) groups is 3. The largest absolute Gasteiger partial charge is 0.490 e. The Morgan fingerprint density at radius 1 is 1.28 bits per heavy atom. The number of aromatic nitrogens is 2. The molecule has 3 heterocycles. The number of carboxylic acids is 1. The minimum atomic E-state index is -5.08. The fourth-order valence-electron chi connectivity index (χ4n) is 2.35. The molecular formula is C17H18F3N5O4. The molecule has 2 aromatic rings. The van der Waals surface area contributed by atoms with Gasteiger partial charge >= 0.3 is 12.1 Å². The summed E-state index contributed by atoms with van der Waals surface area (Å²) < 4.78 is 33.7. The molecule has 0 unspecified atom stereocenters. The third-order valence-corrected chi connectivity index (χ3v) is 3.79. The van der Waals surface area contributed by atoms with Crippen molar-refractivity contribution in [2.75, 3.05) is 13.6 Å². The Morgan fingerprint density at radius 2 is 1.97 bits per heavy atom. The van der Waals surface area contributed by atoms with Crippen molar-refractivity contribution in [3.63, 3.8) is 0 Å². The molecule has 3 rings (SSSR count). The van der Waals surface area contributed by atoms with Crippen molar-refractivity contribution >= 4 is 29.1 Å². The second kappa shape index (κ2) is 9.17. The monoisotopic (exact) mass is 413 g/mol. The lowest BCUT2D eigenvalue weighted by Crippen LogP contribution is -2.38. The Bertz CT molecular complexity index is 906. The van der Waals surface area contributed by atoms with Crippen LogP contribution in [0, 0.1) is 0 Å². The standard InChI is InChI=1S/C15H17N5O2.C2HF3O2/c1-19-14(21)6-5-12(18-19)15(22)16-8-7-11-10-20-9-3-2-4-13(20)17-11;3-2(4,5)1(6)7/h2-4,9-10H,5-8H2,1H3,(H,16,22);(H,6,7). The van der Waals surface area contributed by atoms with Gasteiger partial charge in [0.1, 0.15) is 11.4 Å². The van der Waals surface area contributed by atoms with Gasteiger partial charge in [0, 0.05) is 45.2 Å². The van der Waals surface area contributed by atoms with Gasteiger partial charge in [0.05, 0.1) is 5.69 Å². The Labute approximate surface area is 162 Å². The maximum absolute atomic E-state index is 12.0. The summed E-state index contributed by atoms with van der Waals surface area (Å²) in [7, 11) is 1.56. The summed E-state index contributed by atoms with van der Waals surface area (Å²) in [5, 5.41) is 15.2. The zero-order valence-corrected chi connectivity index (χ0v) is 15.3. The van der Waals surface area contributed by atoms with Gasteiger partial charge in [-0.3, -0.25) is 9.59 Å². The Balaban J connectivity index is 0.000000370. The summed E-state index contributed by atoms with van der Waals surface area (Å²) in [6.45, 7) is 0.486. The number of hydrogen-bond donors (Lipinski definition) is 2. The Hall–Kier alpha value is -3.44. The van der Waals surface area contributed by atoms with Crippen LogP contribution in [0.2, 0.25) is 0 Å². The van der Waals surface area contributed by atoms with E-state index in [1.165, 1.54) is 5.01 Å². The fourth-order valence-corrected chi connectivity index (χ4v) is 2.35. The van der Waals surface area contributed by atoms with Gasteiger partial charge in [-0.05, 0) is 12.1 Å². The van der Waals surface area contributed by atoms with Gasteiger partial charge in [-0.15, -0.1) is 0 Å². The van der Waals surface area contributed by atoms with Gasteiger partial charge in [0.25, 0.3) is 5.91 Å². The van der Waals surface area contributed by atoms with Crippen LogP contribution < -0.4 is 5.32 Å². The molecule has 0 spiro atoms. The van der Waals surface area contributed by atoms with Crippen molar-refractivity contribution in [3.05, 3.63) is 36.3 Å². The highest BCUT2D eigenvalue weighted by atomic mass is 19.4. The van der Waals surface area contributed by atoms with Crippen LogP contribution >= 0.6 is 0 Å². The molecule has 29 heavy (non-hydrogen) atoms. The zero-order chi connectivity index (χ0) is 21.6. The van der Waals surface area contributed by atoms with Gasteiger partial charge in [0.2, 0.25) is 5.91 Å². The number of hydrazone groups is 1. The molecule has 0 aromatic carbocycles. The number of imidazole rings is 1. The lowest BCUT2D eigenvalue weighted by molar-refractivity contribution is -0.192. The molecule has 0 bridgehead atoms. The summed E-state index contributed by atoms with van der Waals surface area (Å²) in [4.78, 5) is 36.7. The highest BCUT2D eigenvalue weighted by Gasteiger charge is 2.38. The van der Waals surface area contributed by atoms with Gasteiger partial charge < -0.3 is 14.8 Å². The van der Waals surface area contributed by atoms with Crippen molar-refractivity contribution in [1.82, 2.24) is 19.7 Å². The minimum absolute atomic E-state index is 0.0683. The van der Waals surface area contributed by atoms with Crippen LogP contribution in [0.4, 0.5) is 13.2 Å². The molecule has 0 fully saturated rings. The van der Waals surface area contributed by atoms with Crippen molar-refractivity contribution in [2.45, 2.75) is 25.4 Å². The molecule has 156 valence electrons. The molecule has 2 aromatic heterocycles. The van der Waals surface area contributed by atoms with Crippen LogP contribution in [0.15, 0.2) is 35.7 Å². The molecule has 0 aliphatic carbocycles. The van der Waals surface area contributed by atoms with Crippen LogP contribution in [-0.4, -0.2) is 62.8 Å². The molecule has 2 N–H and O–H groups in total. The van der Waals surface area contributed by atoms with E-state index >= 15 is 0 Å². The predicted molar refractivity (Wildman–Crippen MR) is 95.0 cm³/mol. The van der Waals surface area contributed by atoms with E-state index < -0.39 is 12.1 Å². The van der Waals surface area contributed by atoms with Crippen LogP contribution in [0.5, 0.6) is 0 Å². The normalized spacial score (nSPS) is 14.1. The van der Waals surface area contributed by atoms with E-state index in [1.54, 1.807) is 7.05 Å². The number of rotatable bonds is 4. The Morgan fingerprint density at radius 3 is 2.55 bits per heavy atom. The molecule has 9 nitrogen and oxygen atoms in total. The van der Waals surface area contributed by atoms with Gasteiger partial charge in [-0.25, -0.2) is 14.8 Å². The fraction of sp³-hybridized carbons (Fsp3) is 0.353. The van der Waals surface area contributed by atoms with Crippen LogP contribution in [0.25, 0.3) is 5.65 Å². The van der Waals surface area contributed by atoms with E-state index in [-0.39, 0.29) is 11.8 Å². The van der Waals surface area contributed by atoms with E-state index in [2.05, 4.69) is 15.4 Å². The van der Waals surface area contributed by atoms with E-state index in [0.717, 1.165) is 11.3 Å². The number of nitrogens with zero attached hydrogens (tertiary/aromatic N) is 4. The van der Waals surface area contributed by atoms with Crippen LogP contribution in [0.1, 0.15) is 18.5 Å². The number of carbonyl (C=O) groups excluding carboxylic acids is 2. The highest BCUT2D eigenvalue weighted by Crippen LogP contribution is 2.13. The average Bonchev–Trinajstić information content (AvgIpc) is 3.06. The maximum atomic E-state index is 12.0. The highest BCUT2D eigenvalue weighted by molar-refractivity contribution is 6.39. The number of alkyl halides is 3. The Kier molecular flexibility index (Phi) is 6.91. The number of fused-ring (bicyclic) bond motifs is 1. The molecule has 0 saturated carbocycles. The molecule has 1 aliphatic rings. The molecule has 1 aliphatic heterocycles. The number of hydrogen-bond acceptors (Lipinski definition) is 5. The number of aliphatic carboxylic acids is 1. The third kappa shape index (κ3) is 6.30. The topological polar surface area (TPSA) is 116 Å². The first kappa shape index (κ1) is 21.9. The van der Waals surface area contributed by atoms with Crippen molar-refractivity contribution in [1.29, 1.82) is 0 Å². The van der Waals surface area contributed by atoms with Crippen molar-refractivity contribution in [3.8, 4) is 0 Å². The number of nitrogens with one attached hydrogen (secondary N) is 1. The SMILES string of the molecule is CN1N=C(C(=O)NCCc2cn3ccccc3n2)CCC1=O.O=C(O)C(F)(F)F. The molecule has 12 heteroatoms. The minimum Gasteiger partial charge on any atom is -0.475 e. The summed E-state index contributed by atoms with van der Waals surface area (Å²) >= 11 is 0. The molecule has 0 saturated heterocycles. The quantitative estimate of drug-likeness (QED) is 0.782. The molecule has 2 amide bonds. The van der Waals surface area contributed by atoms with Crippen molar-refractivity contribution in [2.24, 2.45) is 5.10 Å².